The molecule has 51 heavy (non-hydrogen) atoms. The van der Waals surface area contributed by atoms with Crippen LogP contribution in [0.25, 0.3) is 62.8 Å². The first-order chi connectivity index (χ1) is 25.0. The Hall–Kier alpha value is -5.43. The molecular formula is C39H27N9S3. The maximum absolute atomic E-state index is 4.80. The van der Waals surface area contributed by atoms with Gasteiger partial charge in [-0.3, -0.25) is 44.9 Å². The van der Waals surface area contributed by atoms with Crippen molar-refractivity contribution >= 4 is 34.0 Å². The molecule has 0 fully saturated rings. The van der Waals surface area contributed by atoms with E-state index in [0.29, 0.717) is 20.0 Å². The Balaban J connectivity index is 1.10. The Bertz CT molecular complexity index is 2670. The van der Waals surface area contributed by atoms with Gasteiger partial charge in [-0.25, -0.2) is 0 Å². The number of aryl methyl sites for hydroxylation is 3. The summed E-state index contributed by atoms with van der Waals surface area (Å²) in [5, 5.41) is 5.53. The lowest BCUT2D eigenvalue weighted by atomic mass is 10.0. The Morgan fingerprint density at radius 1 is 0.412 bits per heavy atom. The van der Waals surface area contributed by atoms with E-state index in [0.717, 1.165) is 102 Å². The van der Waals surface area contributed by atoms with E-state index >= 15 is 0 Å². The number of aromatic nitrogens is 3. The normalized spacial score (nSPS) is 13.7. The first-order valence-electron chi connectivity index (χ1n) is 16.5. The first-order valence-corrected chi connectivity index (χ1v) is 18.9. The molecular weight excluding hydrogens is 691 g/mol. The monoisotopic (exact) mass is 717 g/mol. The fourth-order valence-electron chi connectivity index (χ4n) is 6.82. The predicted molar refractivity (Wildman–Crippen MR) is 202 cm³/mol. The van der Waals surface area contributed by atoms with Crippen LogP contribution in [0.3, 0.4) is 0 Å². The van der Waals surface area contributed by atoms with Gasteiger partial charge in [0.2, 0.25) is 0 Å². The van der Waals surface area contributed by atoms with Crippen molar-refractivity contribution in [1.29, 1.82) is 0 Å². The Morgan fingerprint density at radius 2 is 0.824 bits per heavy atom. The molecule has 0 saturated heterocycles. The van der Waals surface area contributed by atoms with Gasteiger partial charge in [0.1, 0.15) is 41.8 Å². The molecule has 1 aromatic carbocycles. The zero-order valence-electron chi connectivity index (χ0n) is 27.8. The lowest BCUT2D eigenvalue weighted by molar-refractivity contribution is 1.05. The molecule has 0 saturated carbocycles. The van der Waals surface area contributed by atoms with Crippen molar-refractivity contribution in [2.75, 3.05) is 20.0 Å². The number of thiophene rings is 3. The molecule has 0 radical (unpaired) electrons. The molecule has 3 aliphatic rings. The van der Waals surface area contributed by atoms with Gasteiger partial charge in [-0.05, 0) is 97.6 Å². The Morgan fingerprint density at radius 3 is 1.35 bits per heavy atom. The van der Waals surface area contributed by atoms with E-state index in [2.05, 4.69) is 84.5 Å². The third-order valence-electron chi connectivity index (χ3n) is 9.37. The maximum Gasteiger partial charge on any atom is 0.131 e. The maximum atomic E-state index is 4.80. The van der Waals surface area contributed by atoms with Gasteiger partial charge in [-0.1, -0.05) is 0 Å². The Kier molecular flexibility index (Phi) is 7.05. The molecule has 0 amide bonds. The summed E-state index contributed by atoms with van der Waals surface area (Å²) in [6.45, 7) is 7.39. The largest absolute Gasteiger partial charge is 0.259 e. The number of nitrogens with zero attached hydrogens (tertiary/aromatic N) is 9. The van der Waals surface area contributed by atoms with Crippen molar-refractivity contribution in [3.8, 4) is 62.8 Å². The molecule has 0 N–H and O–H groups in total. The highest BCUT2D eigenvalue weighted by Crippen LogP contribution is 2.42. The summed E-state index contributed by atoms with van der Waals surface area (Å²) in [5.74, 6) is 0. The van der Waals surface area contributed by atoms with Crippen LogP contribution in [0.1, 0.15) is 17.0 Å². The van der Waals surface area contributed by atoms with Crippen molar-refractivity contribution in [2.45, 2.75) is 20.8 Å². The molecule has 0 aliphatic carbocycles. The molecule has 0 bridgehead atoms. The lowest BCUT2D eigenvalue weighted by Gasteiger charge is -2.08. The zero-order valence-corrected chi connectivity index (χ0v) is 30.2. The van der Waals surface area contributed by atoms with E-state index in [-0.39, 0.29) is 0 Å². The summed E-state index contributed by atoms with van der Waals surface area (Å²) in [6, 6.07) is 20.0. The minimum atomic E-state index is 0.457. The number of rotatable bonds is 6. The highest BCUT2D eigenvalue weighted by molar-refractivity contribution is 7.19. The third kappa shape index (κ3) is 5.04. The second-order valence-corrected chi connectivity index (χ2v) is 15.8. The van der Waals surface area contributed by atoms with Crippen molar-refractivity contribution in [1.82, 2.24) is 15.0 Å². The molecule has 6 aromatic heterocycles. The molecule has 0 unspecified atom stereocenters. The van der Waals surface area contributed by atoms with Gasteiger partial charge in [0.25, 0.3) is 0 Å². The van der Waals surface area contributed by atoms with Crippen LogP contribution < -0.4 is 32.1 Å². The number of hydrogen-bond acceptors (Lipinski definition) is 12. The molecule has 12 heteroatoms. The molecule has 10 rings (SSSR count). The van der Waals surface area contributed by atoms with Gasteiger partial charge < -0.3 is 0 Å². The van der Waals surface area contributed by atoms with Crippen molar-refractivity contribution in [3.63, 3.8) is 0 Å². The fraction of sp³-hybridized carbons (Fsp3) is 0.154. The van der Waals surface area contributed by atoms with Crippen molar-refractivity contribution in [2.24, 2.45) is 30.0 Å². The number of hydrogen-bond donors (Lipinski definition) is 0. The van der Waals surface area contributed by atoms with Gasteiger partial charge in [0, 0.05) is 54.1 Å². The summed E-state index contributed by atoms with van der Waals surface area (Å²) in [5.41, 5.74) is 9.28. The summed E-state index contributed by atoms with van der Waals surface area (Å²) in [7, 11) is 0. The summed E-state index contributed by atoms with van der Waals surface area (Å²) < 4.78 is 0. The topological polar surface area (TPSA) is 113 Å². The summed E-state index contributed by atoms with van der Waals surface area (Å²) >= 11 is 5.24. The Labute approximate surface area is 303 Å². The number of benzene rings is 1. The van der Waals surface area contributed by atoms with Crippen LogP contribution in [0.4, 0.5) is 0 Å². The van der Waals surface area contributed by atoms with Gasteiger partial charge >= 0.3 is 0 Å². The van der Waals surface area contributed by atoms with Crippen LogP contribution in [-0.4, -0.2) is 35.0 Å². The van der Waals surface area contributed by atoms with Gasteiger partial charge in [-0.2, -0.15) is 0 Å². The van der Waals surface area contributed by atoms with Gasteiger partial charge in [0.05, 0.1) is 32.3 Å². The van der Waals surface area contributed by atoms with Crippen LogP contribution in [0.5, 0.6) is 0 Å². The third-order valence-corrected chi connectivity index (χ3v) is 12.8. The average molecular weight is 718 g/mol. The van der Waals surface area contributed by atoms with Gasteiger partial charge in [-0.15, -0.1) is 34.0 Å². The van der Waals surface area contributed by atoms with Crippen molar-refractivity contribution in [3.05, 3.63) is 122 Å². The fourth-order valence-corrected chi connectivity index (χ4v) is 9.82. The zero-order chi connectivity index (χ0) is 34.2. The standard InChI is InChI=1S/C39H27N9S3/c1-19-13-42-38(39-33(19)43-16-48-39)32-9-6-29(51-32)24-11-22(27-4-7-30(49-27)25-14-40-20(2)34-36(25)46-17-44-34)10-23(12-24)28-5-8-31(50-28)26-15-41-21(3)35-37(26)47-18-45-35/h4-15H,16-18H2,1-3H3. The summed E-state index contributed by atoms with van der Waals surface area (Å²) in [6.07, 6.45) is 5.77. The molecule has 7 aromatic rings. The highest BCUT2D eigenvalue weighted by Gasteiger charge is 2.18. The van der Waals surface area contributed by atoms with Crippen LogP contribution in [0.2, 0.25) is 0 Å². The van der Waals surface area contributed by atoms with E-state index in [9.17, 15) is 0 Å². The highest BCUT2D eigenvalue weighted by atomic mass is 32.1. The predicted octanol–water partition coefficient (Wildman–Crippen LogP) is 5.61. The van der Waals surface area contributed by atoms with E-state index in [1.165, 1.54) is 9.75 Å². The molecule has 9 heterocycles. The number of pyridine rings is 3. The lowest BCUT2D eigenvalue weighted by Crippen LogP contribution is -2.27. The van der Waals surface area contributed by atoms with Crippen LogP contribution in [-0.2, 0) is 0 Å². The van der Waals surface area contributed by atoms with Crippen molar-refractivity contribution < 1.29 is 0 Å². The minimum Gasteiger partial charge on any atom is -0.259 e. The molecule has 9 nitrogen and oxygen atoms in total. The molecule has 0 atom stereocenters. The van der Waals surface area contributed by atoms with Crippen LogP contribution in [0, 0.1) is 20.8 Å². The minimum absolute atomic E-state index is 0.457. The molecule has 3 aliphatic heterocycles. The quantitative estimate of drug-likeness (QED) is 0.223. The van der Waals surface area contributed by atoms with E-state index < -0.39 is 0 Å². The average Bonchev–Trinajstić information content (AvgIpc) is 3.98. The van der Waals surface area contributed by atoms with E-state index in [1.807, 2.05) is 39.4 Å². The molecule has 0 spiro atoms. The second kappa shape index (κ2) is 11.8. The van der Waals surface area contributed by atoms with Gasteiger partial charge in [0.15, 0.2) is 0 Å². The summed E-state index contributed by atoms with van der Waals surface area (Å²) in [4.78, 5) is 48.8. The second-order valence-electron chi connectivity index (χ2n) is 12.6. The van der Waals surface area contributed by atoms with Crippen LogP contribution >= 0.6 is 34.0 Å². The van der Waals surface area contributed by atoms with E-state index in [1.54, 1.807) is 34.0 Å². The van der Waals surface area contributed by atoms with Crippen LogP contribution in [0.15, 0.2) is 103 Å². The number of fused-ring (bicyclic) bond motifs is 3. The first kappa shape index (κ1) is 30.4. The molecule has 246 valence electrons. The smallest absolute Gasteiger partial charge is 0.131 e. The SMILES string of the molecule is Cc1cnc(-c2ccc(-c3cc(-c4ccc(-c5cnc(C)c6c5=NCN=6)s4)cc(-c4ccc(-c5cnc(C)c6c5=NCN=6)s4)c3)s2)c2c1=NCN=2. The van der Waals surface area contributed by atoms with E-state index in [4.69, 9.17) is 15.0 Å².